The zero-order chi connectivity index (χ0) is 12.8. The molecule has 1 rings (SSSR count). The molecule has 0 spiro atoms. The van der Waals surface area contributed by atoms with Gasteiger partial charge in [-0.25, -0.2) is 0 Å². The second-order valence-corrected chi connectivity index (χ2v) is 5.48. The molecule has 1 amide bonds. The third-order valence-electron chi connectivity index (χ3n) is 2.54. The lowest BCUT2D eigenvalue weighted by atomic mass is 10.2. The van der Waals surface area contributed by atoms with Crippen LogP contribution in [0.25, 0.3) is 0 Å². The molecule has 1 aromatic rings. The Morgan fingerprint density at radius 2 is 2.29 bits per heavy atom. The van der Waals surface area contributed by atoms with Crippen molar-refractivity contribution >= 4 is 29.5 Å². The molecular formula is C11H18N2O2S2. The van der Waals surface area contributed by atoms with Gasteiger partial charge in [-0.1, -0.05) is 0 Å². The van der Waals surface area contributed by atoms with E-state index in [0.29, 0.717) is 26.1 Å². The van der Waals surface area contributed by atoms with E-state index in [1.165, 1.54) is 11.3 Å². The fourth-order valence-corrected chi connectivity index (χ4v) is 2.80. The number of nitrogens with one attached hydrogen (secondary N) is 1. The monoisotopic (exact) mass is 274 g/mol. The number of nitrogens with zero attached hydrogens (tertiary/aromatic N) is 1. The maximum absolute atomic E-state index is 12.0. The number of methoxy groups -OCH3 is 1. The predicted molar refractivity (Wildman–Crippen MR) is 72.1 cm³/mol. The Hall–Kier alpha value is -0.720. The van der Waals surface area contributed by atoms with Gasteiger partial charge in [-0.2, -0.15) is 0 Å². The van der Waals surface area contributed by atoms with E-state index >= 15 is 0 Å². The summed E-state index contributed by atoms with van der Waals surface area (Å²) in [4.78, 5) is 17.9. The highest BCUT2D eigenvalue weighted by molar-refractivity contribution is 7.73. The summed E-state index contributed by atoms with van der Waals surface area (Å²) in [7, 11) is 1.64. The molecule has 0 atom stereocenters. The Balaban J connectivity index is 2.63. The van der Waals surface area contributed by atoms with Crippen molar-refractivity contribution in [2.45, 2.75) is 20.3 Å². The minimum absolute atomic E-state index is 0.123. The normalized spacial score (nSPS) is 10.5. The van der Waals surface area contributed by atoms with Gasteiger partial charge in [0.2, 0.25) is 5.91 Å². The standard InChI is InChI=1S/C11H18N2O2S2/c1-4-13(5-6-15-3)10(14)7-9-8(2)12-11(16)17-9/h4-7H2,1-3H3,(H,12,16). The molecule has 0 unspecified atom stereocenters. The van der Waals surface area contributed by atoms with Crippen LogP contribution >= 0.6 is 23.6 Å². The molecule has 0 saturated heterocycles. The molecule has 17 heavy (non-hydrogen) atoms. The van der Waals surface area contributed by atoms with Crippen molar-refractivity contribution in [3.63, 3.8) is 0 Å². The second kappa shape index (κ2) is 6.88. The van der Waals surface area contributed by atoms with Crippen LogP contribution < -0.4 is 0 Å². The van der Waals surface area contributed by atoms with Crippen LogP contribution in [-0.2, 0) is 16.0 Å². The number of thiazole rings is 1. The maximum atomic E-state index is 12.0. The van der Waals surface area contributed by atoms with E-state index in [9.17, 15) is 4.79 Å². The molecule has 4 nitrogen and oxygen atoms in total. The van der Waals surface area contributed by atoms with E-state index < -0.39 is 0 Å². The Morgan fingerprint density at radius 3 is 2.76 bits per heavy atom. The van der Waals surface area contributed by atoms with Crippen LogP contribution in [-0.4, -0.2) is 42.6 Å². The summed E-state index contributed by atoms with van der Waals surface area (Å²) in [6.07, 6.45) is 0.418. The van der Waals surface area contributed by atoms with E-state index in [2.05, 4.69) is 4.98 Å². The number of amides is 1. The van der Waals surface area contributed by atoms with E-state index in [-0.39, 0.29) is 5.91 Å². The van der Waals surface area contributed by atoms with Crippen LogP contribution in [0.1, 0.15) is 17.5 Å². The third-order valence-corrected chi connectivity index (χ3v) is 3.87. The Kier molecular flexibility index (Phi) is 5.80. The van der Waals surface area contributed by atoms with Crippen LogP contribution in [0.4, 0.5) is 0 Å². The lowest BCUT2D eigenvalue weighted by Crippen LogP contribution is -2.34. The number of hydrogen-bond donors (Lipinski definition) is 1. The number of hydrogen-bond acceptors (Lipinski definition) is 4. The average molecular weight is 274 g/mol. The Bertz CT molecular complexity index is 425. The van der Waals surface area contributed by atoms with Gasteiger partial charge in [0, 0.05) is 30.8 Å². The summed E-state index contributed by atoms with van der Waals surface area (Å²) < 4.78 is 5.72. The first kappa shape index (κ1) is 14.3. The second-order valence-electron chi connectivity index (χ2n) is 3.71. The first-order valence-corrected chi connectivity index (χ1v) is 6.76. The van der Waals surface area contributed by atoms with Gasteiger partial charge in [0.05, 0.1) is 13.0 Å². The summed E-state index contributed by atoms with van der Waals surface area (Å²) in [6, 6.07) is 0. The number of aryl methyl sites for hydroxylation is 1. The number of aromatic nitrogens is 1. The van der Waals surface area contributed by atoms with Gasteiger partial charge < -0.3 is 14.6 Å². The van der Waals surface area contributed by atoms with Crippen LogP contribution in [0.5, 0.6) is 0 Å². The largest absolute Gasteiger partial charge is 0.383 e. The minimum Gasteiger partial charge on any atom is -0.383 e. The van der Waals surface area contributed by atoms with Gasteiger partial charge >= 0.3 is 0 Å². The van der Waals surface area contributed by atoms with Crippen molar-refractivity contribution in [1.82, 2.24) is 9.88 Å². The fourth-order valence-electron chi connectivity index (χ4n) is 1.52. The number of ether oxygens (including phenoxy) is 1. The SMILES string of the molecule is CCN(CCOC)C(=O)Cc1sc(=S)[nH]c1C. The fraction of sp³-hybridized carbons (Fsp3) is 0.636. The first-order valence-electron chi connectivity index (χ1n) is 5.53. The van der Waals surface area contributed by atoms with Crippen molar-refractivity contribution in [3.8, 4) is 0 Å². The smallest absolute Gasteiger partial charge is 0.227 e. The average Bonchev–Trinajstić information content (AvgIpc) is 2.58. The highest BCUT2D eigenvalue weighted by Crippen LogP contribution is 2.16. The Morgan fingerprint density at radius 1 is 1.59 bits per heavy atom. The molecule has 96 valence electrons. The van der Waals surface area contributed by atoms with Crippen LogP contribution in [0.3, 0.4) is 0 Å². The molecule has 1 aromatic heterocycles. The number of rotatable bonds is 6. The summed E-state index contributed by atoms with van der Waals surface area (Å²) in [6.45, 7) is 5.83. The molecule has 0 bridgehead atoms. The van der Waals surface area contributed by atoms with Crippen LogP contribution in [0.15, 0.2) is 0 Å². The molecule has 0 aromatic carbocycles. The van der Waals surface area contributed by atoms with E-state index in [4.69, 9.17) is 17.0 Å². The number of carbonyl (C=O) groups excluding carboxylic acids is 1. The van der Waals surface area contributed by atoms with Gasteiger partial charge in [-0.3, -0.25) is 4.79 Å². The highest BCUT2D eigenvalue weighted by atomic mass is 32.1. The molecular weight excluding hydrogens is 256 g/mol. The molecule has 0 aliphatic carbocycles. The zero-order valence-corrected chi connectivity index (χ0v) is 12.0. The quantitative estimate of drug-likeness (QED) is 0.809. The van der Waals surface area contributed by atoms with Crippen LogP contribution in [0, 0.1) is 10.9 Å². The topological polar surface area (TPSA) is 45.3 Å². The zero-order valence-electron chi connectivity index (χ0n) is 10.4. The number of aromatic amines is 1. The van der Waals surface area contributed by atoms with Crippen LogP contribution in [0.2, 0.25) is 0 Å². The number of H-pyrrole nitrogens is 1. The van der Waals surface area contributed by atoms with Gasteiger partial charge in [-0.05, 0) is 26.1 Å². The van der Waals surface area contributed by atoms with Gasteiger partial charge in [0.25, 0.3) is 0 Å². The van der Waals surface area contributed by atoms with Crippen molar-refractivity contribution in [2.75, 3.05) is 26.8 Å². The Labute approximate surface area is 111 Å². The number of carbonyl (C=O) groups is 1. The molecule has 6 heteroatoms. The van der Waals surface area contributed by atoms with Crippen molar-refractivity contribution in [2.24, 2.45) is 0 Å². The summed E-state index contributed by atoms with van der Waals surface area (Å²) in [5.41, 5.74) is 0.996. The predicted octanol–water partition coefficient (Wildman–Crippen LogP) is 2.15. The minimum atomic E-state index is 0.123. The molecule has 0 aliphatic heterocycles. The van der Waals surface area contributed by atoms with Crippen molar-refractivity contribution in [1.29, 1.82) is 0 Å². The molecule has 0 fully saturated rings. The molecule has 0 aliphatic rings. The first-order chi connectivity index (χ1) is 8.08. The van der Waals surface area contributed by atoms with Crippen molar-refractivity contribution < 1.29 is 9.53 Å². The molecule has 0 radical (unpaired) electrons. The maximum Gasteiger partial charge on any atom is 0.227 e. The van der Waals surface area contributed by atoms with E-state index in [1.54, 1.807) is 12.0 Å². The van der Waals surface area contributed by atoms with E-state index in [0.717, 1.165) is 14.5 Å². The molecule has 1 heterocycles. The lowest BCUT2D eigenvalue weighted by molar-refractivity contribution is -0.130. The summed E-state index contributed by atoms with van der Waals surface area (Å²) in [5, 5.41) is 0. The van der Waals surface area contributed by atoms with Crippen molar-refractivity contribution in [3.05, 3.63) is 14.5 Å². The highest BCUT2D eigenvalue weighted by Gasteiger charge is 2.14. The summed E-state index contributed by atoms with van der Waals surface area (Å²) >= 11 is 6.53. The summed E-state index contributed by atoms with van der Waals surface area (Å²) in [5.74, 6) is 0.123. The lowest BCUT2D eigenvalue weighted by Gasteiger charge is -2.20. The third kappa shape index (κ3) is 4.22. The number of likely N-dealkylation sites (N-methyl/N-ethyl adjacent to an activating group) is 1. The molecule has 1 N–H and O–H groups in total. The van der Waals surface area contributed by atoms with Gasteiger partial charge in [0.1, 0.15) is 0 Å². The van der Waals surface area contributed by atoms with E-state index in [1.807, 2.05) is 13.8 Å². The van der Waals surface area contributed by atoms with Gasteiger partial charge in [-0.15, -0.1) is 11.3 Å². The molecule has 0 saturated carbocycles. The van der Waals surface area contributed by atoms with Gasteiger partial charge in [0.15, 0.2) is 3.95 Å².